The molecule has 0 fully saturated rings. The van der Waals surface area contributed by atoms with E-state index in [2.05, 4.69) is 30.6 Å². The van der Waals surface area contributed by atoms with Crippen LogP contribution in [0.2, 0.25) is 0 Å². The van der Waals surface area contributed by atoms with Crippen molar-refractivity contribution < 1.29 is 36.3 Å². The summed E-state index contributed by atoms with van der Waals surface area (Å²) >= 11 is 0. The highest BCUT2D eigenvalue weighted by atomic mass is 32.2. The predicted octanol–water partition coefficient (Wildman–Crippen LogP) is 4.76. The molecule has 41 heavy (non-hydrogen) atoms. The van der Waals surface area contributed by atoms with Crippen molar-refractivity contribution in [2.75, 3.05) is 23.0 Å². The minimum absolute atomic E-state index is 0.137. The number of alkyl halides is 3. The minimum Gasteiger partial charge on any atom is -0.475 e. The van der Waals surface area contributed by atoms with Gasteiger partial charge in [-0.2, -0.15) is 13.2 Å². The van der Waals surface area contributed by atoms with Crippen LogP contribution in [-0.4, -0.2) is 48.6 Å². The van der Waals surface area contributed by atoms with Crippen molar-refractivity contribution in [3.63, 3.8) is 0 Å². The van der Waals surface area contributed by atoms with E-state index in [9.17, 15) is 26.4 Å². The lowest BCUT2D eigenvalue weighted by Crippen LogP contribution is -2.21. The van der Waals surface area contributed by atoms with Crippen LogP contribution in [0.4, 0.5) is 41.9 Å². The molecular formula is C26H23F3N6O5S. The second-order valence-electron chi connectivity index (χ2n) is 7.98. The van der Waals surface area contributed by atoms with Crippen molar-refractivity contribution in [2.24, 2.45) is 0 Å². The molecule has 0 saturated carbocycles. The van der Waals surface area contributed by atoms with E-state index in [4.69, 9.17) is 9.90 Å². The van der Waals surface area contributed by atoms with Crippen molar-refractivity contribution >= 4 is 50.6 Å². The summed E-state index contributed by atoms with van der Waals surface area (Å²) in [6.45, 7) is 0. The SMILES string of the molecule is CNS(=O)(=O)c1cccc(Nc2cc(Nc3cccc(C(=O)Nc4ccccc4)c3)ncn2)c1.O=C(O)C(F)(F)F. The highest BCUT2D eigenvalue weighted by Crippen LogP contribution is 2.22. The van der Waals surface area contributed by atoms with E-state index in [1.807, 2.05) is 36.4 Å². The number of para-hydroxylation sites is 1. The fourth-order valence-electron chi connectivity index (χ4n) is 3.11. The average Bonchev–Trinajstić information content (AvgIpc) is 2.94. The van der Waals surface area contributed by atoms with Gasteiger partial charge in [-0.05, 0) is 55.6 Å². The third kappa shape index (κ3) is 9.29. The Morgan fingerprint density at radius 1 is 0.780 bits per heavy atom. The van der Waals surface area contributed by atoms with Gasteiger partial charge in [0.2, 0.25) is 10.0 Å². The molecule has 11 nitrogen and oxygen atoms in total. The Morgan fingerprint density at radius 2 is 1.32 bits per heavy atom. The smallest absolute Gasteiger partial charge is 0.475 e. The summed E-state index contributed by atoms with van der Waals surface area (Å²) in [4.78, 5) is 30.0. The molecule has 4 rings (SSSR count). The molecule has 5 N–H and O–H groups in total. The van der Waals surface area contributed by atoms with Crippen LogP contribution in [0.5, 0.6) is 0 Å². The molecule has 1 amide bonds. The number of nitrogens with zero attached hydrogens (tertiary/aromatic N) is 2. The lowest BCUT2D eigenvalue weighted by molar-refractivity contribution is -0.192. The molecule has 0 radical (unpaired) electrons. The number of carboxylic acid groups (broad SMARTS) is 1. The normalized spacial score (nSPS) is 11.0. The number of carbonyl (C=O) groups excluding carboxylic acids is 1. The van der Waals surface area contributed by atoms with E-state index in [1.165, 1.54) is 25.5 Å². The topological polar surface area (TPSA) is 162 Å². The number of halogens is 3. The van der Waals surface area contributed by atoms with Crippen LogP contribution in [0.15, 0.2) is 96.2 Å². The lowest BCUT2D eigenvalue weighted by atomic mass is 10.2. The number of aliphatic carboxylic acids is 1. The van der Waals surface area contributed by atoms with E-state index in [1.54, 1.807) is 36.4 Å². The molecule has 0 spiro atoms. The second kappa shape index (κ2) is 13.4. The molecular weight excluding hydrogens is 565 g/mol. The van der Waals surface area contributed by atoms with Gasteiger partial charge in [-0.3, -0.25) is 4.79 Å². The molecule has 214 valence electrons. The van der Waals surface area contributed by atoms with E-state index in [0.29, 0.717) is 34.3 Å². The average molecular weight is 589 g/mol. The van der Waals surface area contributed by atoms with Gasteiger partial charge in [0.15, 0.2) is 0 Å². The molecule has 4 aromatic rings. The van der Waals surface area contributed by atoms with Crippen molar-refractivity contribution in [3.05, 3.63) is 96.8 Å². The molecule has 15 heteroatoms. The molecule has 1 aromatic heterocycles. The maximum absolute atomic E-state index is 12.6. The van der Waals surface area contributed by atoms with Crippen molar-refractivity contribution in [3.8, 4) is 0 Å². The number of carbonyl (C=O) groups is 2. The largest absolute Gasteiger partial charge is 0.490 e. The van der Waals surface area contributed by atoms with Crippen molar-refractivity contribution in [2.45, 2.75) is 11.1 Å². The molecule has 3 aromatic carbocycles. The first-order valence-electron chi connectivity index (χ1n) is 11.5. The first-order valence-corrected chi connectivity index (χ1v) is 13.0. The Balaban J connectivity index is 0.000000587. The lowest BCUT2D eigenvalue weighted by Gasteiger charge is -2.11. The first-order chi connectivity index (χ1) is 19.4. The van der Waals surface area contributed by atoms with Crippen molar-refractivity contribution in [1.29, 1.82) is 0 Å². The highest BCUT2D eigenvalue weighted by molar-refractivity contribution is 7.89. The maximum Gasteiger partial charge on any atom is 0.490 e. The molecule has 0 unspecified atom stereocenters. The van der Waals surface area contributed by atoms with Crippen LogP contribution in [0.1, 0.15) is 10.4 Å². The van der Waals surface area contributed by atoms with Gasteiger partial charge < -0.3 is 21.1 Å². The molecule has 0 aliphatic carbocycles. The minimum atomic E-state index is -5.08. The number of rotatable bonds is 8. The van der Waals surface area contributed by atoms with Crippen LogP contribution >= 0.6 is 0 Å². The van der Waals surface area contributed by atoms with Gasteiger partial charge in [0.05, 0.1) is 4.90 Å². The molecule has 0 aliphatic heterocycles. The van der Waals surface area contributed by atoms with Gasteiger partial charge in [-0.25, -0.2) is 27.9 Å². The molecule has 1 heterocycles. The Labute approximate surface area is 232 Å². The number of aromatic nitrogens is 2. The quantitative estimate of drug-likeness (QED) is 0.195. The second-order valence-corrected chi connectivity index (χ2v) is 9.86. The fraction of sp³-hybridized carbons (Fsp3) is 0.0769. The summed E-state index contributed by atoms with van der Waals surface area (Å²) in [6, 6.07) is 24.3. The summed E-state index contributed by atoms with van der Waals surface area (Å²) in [5.74, 6) is -2.02. The zero-order chi connectivity index (χ0) is 30.0. The number of sulfonamides is 1. The Bertz CT molecular complexity index is 1620. The van der Waals surface area contributed by atoms with Crippen LogP contribution in [-0.2, 0) is 14.8 Å². The first kappa shape index (κ1) is 30.5. The maximum atomic E-state index is 12.6. The summed E-state index contributed by atoms with van der Waals surface area (Å²) in [5.41, 5.74) is 2.43. The summed E-state index contributed by atoms with van der Waals surface area (Å²) in [6.07, 6.45) is -3.70. The number of benzene rings is 3. The molecule has 0 atom stereocenters. The van der Waals surface area contributed by atoms with Crippen LogP contribution in [0.25, 0.3) is 0 Å². The standard InChI is InChI=1S/C24H22N6O3S.C2HF3O2/c1-25-34(32,33)21-12-6-11-20(14-21)29-23-15-22(26-16-27-23)28-19-10-5-7-17(13-19)24(31)30-18-8-3-2-4-9-18;3-2(4,5)1(6)7/h2-16,25H,1H3,(H,30,31)(H2,26,27,28,29);(H,6,7). The number of anilines is 5. The highest BCUT2D eigenvalue weighted by Gasteiger charge is 2.38. The van der Waals surface area contributed by atoms with Gasteiger partial charge in [0, 0.05) is 28.7 Å². The third-order valence-electron chi connectivity index (χ3n) is 5.02. The van der Waals surface area contributed by atoms with Gasteiger partial charge in [0.1, 0.15) is 18.0 Å². The fourth-order valence-corrected chi connectivity index (χ4v) is 3.89. The van der Waals surface area contributed by atoms with E-state index < -0.39 is 22.2 Å². The Morgan fingerprint density at radius 3 is 1.88 bits per heavy atom. The van der Waals surface area contributed by atoms with E-state index in [0.717, 1.165) is 0 Å². The van der Waals surface area contributed by atoms with Crippen LogP contribution in [0.3, 0.4) is 0 Å². The van der Waals surface area contributed by atoms with Crippen LogP contribution in [0, 0.1) is 0 Å². The number of carboxylic acids is 1. The summed E-state index contributed by atoms with van der Waals surface area (Å²) in [5, 5.41) is 16.2. The zero-order valence-electron chi connectivity index (χ0n) is 21.2. The summed E-state index contributed by atoms with van der Waals surface area (Å²) in [7, 11) is -2.20. The van der Waals surface area contributed by atoms with E-state index >= 15 is 0 Å². The van der Waals surface area contributed by atoms with Crippen molar-refractivity contribution in [1.82, 2.24) is 14.7 Å². The Hall–Kier alpha value is -5.02. The summed E-state index contributed by atoms with van der Waals surface area (Å²) < 4.78 is 58.1. The van der Waals surface area contributed by atoms with Gasteiger partial charge >= 0.3 is 12.1 Å². The molecule has 0 bridgehead atoms. The molecule has 0 saturated heterocycles. The number of amides is 1. The van der Waals surface area contributed by atoms with Crippen LogP contribution < -0.4 is 20.7 Å². The zero-order valence-corrected chi connectivity index (χ0v) is 22.0. The Kier molecular flexibility index (Phi) is 9.95. The third-order valence-corrected chi connectivity index (χ3v) is 6.44. The van der Waals surface area contributed by atoms with Gasteiger partial charge in [-0.15, -0.1) is 0 Å². The monoisotopic (exact) mass is 588 g/mol. The van der Waals surface area contributed by atoms with E-state index in [-0.39, 0.29) is 10.8 Å². The van der Waals surface area contributed by atoms with Gasteiger partial charge in [-0.1, -0.05) is 30.3 Å². The number of hydrogen-bond acceptors (Lipinski definition) is 8. The molecule has 0 aliphatic rings. The number of hydrogen-bond donors (Lipinski definition) is 5. The number of nitrogens with one attached hydrogen (secondary N) is 4. The van der Waals surface area contributed by atoms with Gasteiger partial charge in [0.25, 0.3) is 5.91 Å². The predicted molar refractivity (Wildman–Crippen MR) is 146 cm³/mol.